The molecule has 0 radical (unpaired) electrons. The number of para-hydroxylation sites is 1. The molecule has 8 heteroatoms. The molecule has 0 unspecified atom stereocenters. The summed E-state index contributed by atoms with van der Waals surface area (Å²) in [6.07, 6.45) is 0.00186. The van der Waals surface area contributed by atoms with Crippen molar-refractivity contribution in [2.45, 2.75) is 6.18 Å². The maximum absolute atomic E-state index is 13.0. The zero-order valence-corrected chi connectivity index (χ0v) is 18.9. The second-order valence-corrected chi connectivity index (χ2v) is 7.56. The van der Waals surface area contributed by atoms with E-state index in [9.17, 15) is 18.0 Å². The standard InChI is InChI=1S/C27H21F3N2O3/c1-34-24-14-12-19(16-25(24)35-2)26-20(17-32(31-26)22-9-4-3-5-10-22)11-13-23(33)18-7-6-8-21(15-18)27(28,29)30/h3-17H,1-2H3. The number of ether oxygens (including phenoxy) is 2. The Labute approximate surface area is 200 Å². The molecule has 0 fully saturated rings. The Morgan fingerprint density at radius 3 is 2.34 bits per heavy atom. The average molecular weight is 478 g/mol. The number of carbonyl (C=O) groups is 1. The normalized spacial score (nSPS) is 11.6. The molecule has 35 heavy (non-hydrogen) atoms. The van der Waals surface area contributed by atoms with Gasteiger partial charge in [-0.2, -0.15) is 18.3 Å². The fourth-order valence-electron chi connectivity index (χ4n) is 3.54. The van der Waals surface area contributed by atoms with E-state index in [2.05, 4.69) is 5.10 Å². The number of aromatic nitrogens is 2. The van der Waals surface area contributed by atoms with Gasteiger partial charge in [0.05, 0.1) is 25.5 Å². The second kappa shape index (κ2) is 9.89. The Bertz CT molecular complexity index is 1380. The maximum Gasteiger partial charge on any atom is 0.416 e. The van der Waals surface area contributed by atoms with Crippen LogP contribution in [-0.2, 0) is 6.18 Å². The van der Waals surface area contributed by atoms with Crippen molar-refractivity contribution in [1.82, 2.24) is 9.78 Å². The highest BCUT2D eigenvalue weighted by molar-refractivity contribution is 6.07. The van der Waals surface area contributed by atoms with Crippen molar-refractivity contribution in [2.24, 2.45) is 0 Å². The second-order valence-electron chi connectivity index (χ2n) is 7.56. The lowest BCUT2D eigenvalue weighted by Crippen LogP contribution is -2.06. The Morgan fingerprint density at radius 2 is 1.66 bits per heavy atom. The van der Waals surface area contributed by atoms with Crippen molar-refractivity contribution >= 4 is 11.9 Å². The fraction of sp³-hybridized carbons (Fsp3) is 0.111. The number of carbonyl (C=O) groups excluding carboxylic acids is 1. The Morgan fingerprint density at radius 1 is 0.914 bits per heavy atom. The van der Waals surface area contributed by atoms with Gasteiger partial charge in [0.15, 0.2) is 17.3 Å². The quantitative estimate of drug-likeness (QED) is 0.226. The van der Waals surface area contributed by atoms with Crippen LogP contribution in [0.25, 0.3) is 23.0 Å². The summed E-state index contributed by atoms with van der Waals surface area (Å²) in [7, 11) is 3.06. The zero-order valence-electron chi connectivity index (χ0n) is 18.9. The minimum atomic E-state index is -4.53. The number of nitrogens with zero attached hydrogens (tertiary/aromatic N) is 2. The van der Waals surface area contributed by atoms with Crippen molar-refractivity contribution in [2.75, 3.05) is 14.2 Å². The molecule has 0 bridgehead atoms. The molecule has 0 aliphatic heterocycles. The number of alkyl halides is 3. The van der Waals surface area contributed by atoms with Crippen LogP contribution in [0.15, 0.2) is 85.1 Å². The first kappa shape index (κ1) is 23.8. The van der Waals surface area contributed by atoms with E-state index in [0.717, 1.165) is 17.8 Å². The van der Waals surface area contributed by atoms with Crippen LogP contribution < -0.4 is 9.47 Å². The largest absolute Gasteiger partial charge is 0.493 e. The molecular weight excluding hydrogens is 457 g/mol. The van der Waals surface area contributed by atoms with Gasteiger partial charge in [-0.25, -0.2) is 4.68 Å². The molecule has 0 N–H and O–H groups in total. The summed E-state index contributed by atoms with van der Waals surface area (Å²) in [6, 6.07) is 19.1. The van der Waals surface area contributed by atoms with Gasteiger partial charge in [0.25, 0.3) is 0 Å². The summed E-state index contributed by atoms with van der Waals surface area (Å²) in [5, 5.41) is 4.69. The van der Waals surface area contributed by atoms with Crippen molar-refractivity contribution in [3.8, 4) is 28.4 Å². The number of methoxy groups -OCH3 is 2. The molecule has 0 aliphatic rings. The highest BCUT2D eigenvalue weighted by Crippen LogP contribution is 2.34. The lowest BCUT2D eigenvalue weighted by atomic mass is 10.0. The average Bonchev–Trinajstić information content (AvgIpc) is 3.31. The number of benzene rings is 3. The smallest absolute Gasteiger partial charge is 0.416 e. The number of allylic oxidation sites excluding steroid dienone is 1. The van der Waals surface area contributed by atoms with Crippen LogP contribution in [0.3, 0.4) is 0 Å². The number of rotatable bonds is 7. The van der Waals surface area contributed by atoms with Crippen molar-refractivity contribution in [1.29, 1.82) is 0 Å². The molecule has 0 aliphatic carbocycles. The van der Waals surface area contributed by atoms with Gasteiger partial charge in [-0.1, -0.05) is 30.3 Å². The van der Waals surface area contributed by atoms with Gasteiger partial charge < -0.3 is 9.47 Å². The fourth-order valence-corrected chi connectivity index (χ4v) is 3.54. The van der Waals surface area contributed by atoms with Crippen LogP contribution in [-0.4, -0.2) is 29.8 Å². The number of hydrogen-bond acceptors (Lipinski definition) is 4. The third-order valence-corrected chi connectivity index (χ3v) is 5.31. The minimum absolute atomic E-state index is 0.0563. The van der Waals surface area contributed by atoms with Crippen LogP contribution in [0.2, 0.25) is 0 Å². The molecule has 0 saturated carbocycles. The van der Waals surface area contributed by atoms with E-state index in [-0.39, 0.29) is 5.56 Å². The predicted molar refractivity (Wildman–Crippen MR) is 127 cm³/mol. The third-order valence-electron chi connectivity index (χ3n) is 5.31. The van der Waals surface area contributed by atoms with Gasteiger partial charge in [0, 0.05) is 22.9 Å². The third kappa shape index (κ3) is 5.27. The molecule has 0 amide bonds. The molecule has 1 aromatic heterocycles. The number of halogens is 3. The molecule has 0 atom stereocenters. The van der Waals surface area contributed by atoms with Gasteiger partial charge in [0.2, 0.25) is 0 Å². The molecule has 1 heterocycles. The van der Waals surface area contributed by atoms with Crippen LogP contribution >= 0.6 is 0 Å². The van der Waals surface area contributed by atoms with Crippen molar-refractivity contribution < 1.29 is 27.4 Å². The summed E-state index contributed by atoms with van der Waals surface area (Å²) in [5.41, 5.74) is 1.74. The van der Waals surface area contributed by atoms with Crippen LogP contribution in [0.1, 0.15) is 21.5 Å². The highest BCUT2D eigenvalue weighted by Gasteiger charge is 2.30. The SMILES string of the molecule is COc1ccc(-c2nn(-c3ccccc3)cc2C=CC(=O)c2cccc(C(F)(F)F)c2)cc1OC. The van der Waals surface area contributed by atoms with Gasteiger partial charge in [-0.05, 0) is 54.6 Å². The maximum atomic E-state index is 13.0. The number of ketones is 1. The molecule has 178 valence electrons. The Hall–Kier alpha value is -4.33. The highest BCUT2D eigenvalue weighted by atomic mass is 19.4. The van der Waals surface area contributed by atoms with Crippen LogP contribution in [0.5, 0.6) is 11.5 Å². The van der Waals surface area contributed by atoms with E-state index in [4.69, 9.17) is 9.47 Å². The van der Waals surface area contributed by atoms with E-state index in [0.29, 0.717) is 28.3 Å². The van der Waals surface area contributed by atoms with E-state index < -0.39 is 17.5 Å². The molecule has 0 spiro atoms. The van der Waals surface area contributed by atoms with E-state index in [1.165, 1.54) is 32.4 Å². The molecular formula is C27H21F3N2O3. The van der Waals surface area contributed by atoms with Gasteiger partial charge in [0.1, 0.15) is 5.69 Å². The van der Waals surface area contributed by atoms with Crippen LogP contribution in [0, 0.1) is 0 Å². The molecule has 5 nitrogen and oxygen atoms in total. The first-order valence-electron chi connectivity index (χ1n) is 10.6. The van der Waals surface area contributed by atoms with E-state index >= 15 is 0 Å². The summed E-state index contributed by atoms with van der Waals surface area (Å²) in [4.78, 5) is 12.7. The Balaban J connectivity index is 1.74. The zero-order chi connectivity index (χ0) is 25.0. The van der Waals surface area contributed by atoms with E-state index in [1.54, 1.807) is 29.1 Å². The van der Waals surface area contributed by atoms with Gasteiger partial charge >= 0.3 is 6.18 Å². The summed E-state index contributed by atoms with van der Waals surface area (Å²) < 4.78 is 51.5. The molecule has 4 aromatic rings. The predicted octanol–water partition coefficient (Wildman–Crippen LogP) is 6.47. The first-order valence-corrected chi connectivity index (χ1v) is 10.6. The topological polar surface area (TPSA) is 53.4 Å². The lowest BCUT2D eigenvalue weighted by molar-refractivity contribution is -0.137. The van der Waals surface area contributed by atoms with E-state index in [1.807, 2.05) is 36.4 Å². The molecule has 0 saturated heterocycles. The monoisotopic (exact) mass is 478 g/mol. The number of hydrogen-bond donors (Lipinski definition) is 0. The van der Waals surface area contributed by atoms with Gasteiger partial charge in [-0.15, -0.1) is 0 Å². The van der Waals surface area contributed by atoms with Gasteiger partial charge in [-0.3, -0.25) is 4.79 Å². The first-order chi connectivity index (χ1) is 16.8. The Kier molecular flexibility index (Phi) is 6.73. The summed E-state index contributed by atoms with van der Waals surface area (Å²) in [5.74, 6) is 0.506. The lowest BCUT2D eigenvalue weighted by Gasteiger charge is -2.09. The molecule has 4 rings (SSSR count). The summed E-state index contributed by atoms with van der Waals surface area (Å²) >= 11 is 0. The van der Waals surface area contributed by atoms with Crippen LogP contribution in [0.4, 0.5) is 13.2 Å². The van der Waals surface area contributed by atoms with Crippen molar-refractivity contribution in [3.63, 3.8) is 0 Å². The molecule has 3 aromatic carbocycles. The van der Waals surface area contributed by atoms with Crippen molar-refractivity contribution in [3.05, 3.63) is 102 Å². The summed E-state index contributed by atoms with van der Waals surface area (Å²) in [6.45, 7) is 0. The minimum Gasteiger partial charge on any atom is -0.493 e.